The Bertz CT molecular complexity index is 1750. The molecule has 1 aliphatic rings. The number of fused-ring (bicyclic) bond motifs is 5. The molecule has 3 aromatic carbocycles. The van der Waals surface area contributed by atoms with Gasteiger partial charge in [0.25, 0.3) is 0 Å². The minimum absolute atomic E-state index is 0.133. The monoisotopic (exact) mass is 525 g/mol. The van der Waals surface area contributed by atoms with Crippen molar-refractivity contribution in [2.75, 3.05) is 7.11 Å². The number of nitrogens with zero attached hydrogens (tertiary/aromatic N) is 5. The summed E-state index contributed by atoms with van der Waals surface area (Å²) in [5.41, 5.74) is 4.46. The number of aromatic hydroxyl groups is 1. The predicted octanol–water partition coefficient (Wildman–Crippen LogP) is 6.03. The van der Waals surface area contributed by atoms with E-state index >= 15 is 0 Å². The number of thiazole rings is 1. The number of hydrogen-bond acceptors (Lipinski definition) is 9. The summed E-state index contributed by atoms with van der Waals surface area (Å²) in [5.74, 6) is 2.97. The lowest BCUT2D eigenvalue weighted by Crippen LogP contribution is -2.15. The number of phenolic OH excluding ortho intramolecular Hbond substituents is 1. The number of ether oxygens (including phenoxy) is 2. The highest BCUT2D eigenvalue weighted by Gasteiger charge is 2.33. The summed E-state index contributed by atoms with van der Waals surface area (Å²) in [6, 6.07) is 21.2. The number of benzene rings is 3. The maximum atomic E-state index is 10.1. The molecule has 0 bridgehead atoms. The number of aromatic nitrogens is 5. The first-order valence-corrected chi connectivity index (χ1v) is 13.3. The third kappa shape index (κ3) is 3.85. The van der Waals surface area contributed by atoms with Crippen molar-refractivity contribution in [2.24, 2.45) is 0 Å². The van der Waals surface area contributed by atoms with E-state index in [4.69, 9.17) is 24.5 Å². The summed E-state index contributed by atoms with van der Waals surface area (Å²) in [7, 11) is 1.65. The molecule has 1 N–H and O–H groups in total. The maximum absolute atomic E-state index is 10.1. The minimum atomic E-state index is -0.213. The Morgan fingerprint density at radius 3 is 2.78 bits per heavy atom. The van der Waals surface area contributed by atoms with Gasteiger partial charge in [-0.2, -0.15) is 0 Å². The Labute approximate surface area is 219 Å². The lowest BCUT2D eigenvalue weighted by atomic mass is 9.84. The van der Waals surface area contributed by atoms with Crippen LogP contribution in [0.4, 0.5) is 0 Å². The van der Waals surface area contributed by atoms with Gasteiger partial charge in [-0.15, -0.1) is 16.4 Å². The number of phenols is 1. The molecule has 37 heavy (non-hydrogen) atoms. The second-order valence-corrected chi connectivity index (χ2v) is 10.8. The predicted molar refractivity (Wildman–Crippen MR) is 142 cm³/mol. The van der Waals surface area contributed by atoms with Crippen molar-refractivity contribution in [1.82, 2.24) is 24.6 Å². The molecular formula is C27H19N5O3S2. The maximum Gasteiger partial charge on any atom is 0.228 e. The van der Waals surface area contributed by atoms with E-state index in [-0.39, 0.29) is 11.7 Å². The van der Waals surface area contributed by atoms with E-state index in [0.29, 0.717) is 28.9 Å². The first kappa shape index (κ1) is 22.1. The van der Waals surface area contributed by atoms with Gasteiger partial charge in [0.1, 0.15) is 23.6 Å². The van der Waals surface area contributed by atoms with Crippen LogP contribution in [-0.2, 0) is 5.75 Å². The molecule has 8 nitrogen and oxygen atoms in total. The van der Waals surface area contributed by atoms with Crippen LogP contribution in [0.1, 0.15) is 28.4 Å². The van der Waals surface area contributed by atoms with Gasteiger partial charge < -0.3 is 14.6 Å². The van der Waals surface area contributed by atoms with Crippen molar-refractivity contribution in [3.63, 3.8) is 0 Å². The summed E-state index contributed by atoms with van der Waals surface area (Å²) in [6.45, 7) is 0. The molecule has 0 saturated carbocycles. The zero-order chi connectivity index (χ0) is 24.9. The number of hydrogen-bond donors (Lipinski definition) is 1. The standard InChI is InChI=1S/C27H19N5O3S2/c1-34-17-9-6-15(7-10-17)23-18-11-8-16(33)12-20(18)35-26-24(23)25-30-22(31-32(25)14-28-26)13-36-27-29-19-4-2-3-5-21(19)37-27/h2-12,14,23,33H,13H2,1H3. The Hall–Kier alpha value is -4.15. The van der Waals surface area contributed by atoms with Crippen molar-refractivity contribution < 1.29 is 14.6 Å². The zero-order valence-electron chi connectivity index (χ0n) is 19.5. The SMILES string of the molecule is COc1ccc(C2c3ccc(O)cc3Oc3ncn4nc(CSc5nc6ccccc6s5)nc4c32)cc1. The Morgan fingerprint density at radius 1 is 1.08 bits per heavy atom. The third-order valence-electron chi connectivity index (χ3n) is 6.28. The van der Waals surface area contributed by atoms with Crippen molar-refractivity contribution in [1.29, 1.82) is 0 Å². The Balaban J connectivity index is 1.30. The summed E-state index contributed by atoms with van der Waals surface area (Å²) in [5, 5.41) is 14.8. The van der Waals surface area contributed by atoms with E-state index < -0.39 is 0 Å². The molecule has 0 saturated heterocycles. The summed E-state index contributed by atoms with van der Waals surface area (Å²) < 4.78 is 15.4. The summed E-state index contributed by atoms with van der Waals surface area (Å²) in [6.07, 6.45) is 1.62. The molecule has 1 aliphatic heterocycles. The van der Waals surface area contributed by atoms with Crippen LogP contribution in [0.3, 0.4) is 0 Å². The van der Waals surface area contributed by atoms with Gasteiger partial charge in [-0.1, -0.05) is 42.1 Å². The molecule has 10 heteroatoms. The van der Waals surface area contributed by atoms with Gasteiger partial charge in [0.2, 0.25) is 5.88 Å². The number of para-hydroxylation sites is 1. The summed E-state index contributed by atoms with van der Waals surface area (Å²) >= 11 is 3.29. The average Bonchev–Trinajstić information content (AvgIpc) is 3.54. The lowest BCUT2D eigenvalue weighted by molar-refractivity contribution is 0.414. The Kier molecular flexibility index (Phi) is 5.22. The highest BCUT2D eigenvalue weighted by Crippen LogP contribution is 2.48. The molecule has 0 fully saturated rings. The van der Waals surface area contributed by atoms with Crippen LogP contribution in [0.2, 0.25) is 0 Å². The number of rotatable bonds is 5. The van der Waals surface area contributed by atoms with Crippen LogP contribution < -0.4 is 9.47 Å². The van der Waals surface area contributed by atoms with Crippen molar-refractivity contribution in [2.45, 2.75) is 16.0 Å². The van der Waals surface area contributed by atoms with Crippen molar-refractivity contribution in [3.8, 4) is 23.1 Å². The fourth-order valence-corrected chi connectivity index (χ4v) is 6.51. The summed E-state index contributed by atoms with van der Waals surface area (Å²) in [4.78, 5) is 14.2. The van der Waals surface area contributed by atoms with Crippen LogP contribution in [0.5, 0.6) is 23.1 Å². The van der Waals surface area contributed by atoms with Crippen LogP contribution in [-0.4, -0.2) is 36.8 Å². The van der Waals surface area contributed by atoms with Crippen LogP contribution in [0, 0.1) is 0 Å². The molecule has 0 spiro atoms. The second-order valence-electron chi connectivity index (χ2n) is 8.53. The molecule has 3 aromatic heterocycles. The normalized spacial score (nSPS) is 14.4. The second kappa shape index (κ2) is 8.75. The van der Waals surface area contributed by atoms with Gasteiger partial charge in [0.15, 0.2) is 15.8 Å². The number of thioether (sulfide) groups is 1. The highest BCUT2D eigenvalue weighted by molar-refractivity contribution is 8.00. The fraction of sp³-hybridized carbons (Fsp3) is 0.111. The zero-order valence-corrected chi connectivity index (χ0v) is 21.2. The first-order chi connectivity index (χ1) is 18.2. The van der Waals surface area contributed by atoms with E-state index in [2.05, 4.69) is 11.1 Å². The molecular weight excluding hydrogens is 506 g/mol. The van der Waals surface area contributed by atoms with E-state index in [9.17, 15) is 5.11 Å². The van der Waals surface area contributed by atoms with Crippen LogP contribution >= 0.6 is 23.1 Å². The van der Waals surface area contributed by atoms with Crippen molar-refractivity contribution in [3.05, 3.63) is 95.6 Å². The Morgan fingerprint density at radius 2 is 1.95 bits per heavy atom. The van der Waals surface area contributed by atoms with Crippen LogP contribution in [0.15, 0.2) is 77.4 Å². The lowest BCUT2D eigenvalue weighted by Gasteiger charge is -2.28. The topological polar surface area (TPSA) is 94.7 Å². The van der Waals surface area contributed by atoms with E-state index in [1.54, 1.807) is 53.2 Å². The average molecular weight is 526 g/mol. The molecule has 0 aliphatic carbocycles. The molecule has 1 atom stereocenters. The van der Waals surface area contributed by atoms with Gasteiger partial charge >= 0.3 is 0 Å². The quantitative estimate of drug-likeness (QED) is 0.272. The van der Waals surface area contributed by atoms with Crippen LogP contribution in [0.25, 0.3) is 15.9 Å². The van der Waals surface area contributed by atoms with Gasteiger partial charge in [0, 0.05) is 17.5 Å². The number of methoxy groups -OCH3 is 1. The third-order valence-corrected chi connectivity index (χ3v) is 8.46. The largest absolute Gasteiger partial charge is 0.508 e. The fourth-order valence-electron chi connectivity index (χ4n) is 4.59. The van der Waals surface area contributed by atoms with Gasteiger partial charge in [0.05, 0.1) is 28.6 Å². The van der Waals surface area contributed by atoms with E-state index in [0.717, 1.165) is 37.0 Å². The molecule has 7 rings (SSSR count). The molecule has 182 valence electrons. The molecule has 0 amide bonds. The smallest absolute Gasteiger partial charge is 0.228 e. The minimum Gasteiger partial charge on any atom is -0.508 e. The van der Waals surface area contributed by atoms with Gasteiger partial charge in [-0.3, -0.25) is 0 Å². The van der Waals surface area contributed by atoms with Crippen molar-refractivity contribution >= 4 is 39.0 Å². The molecule has 4 heterocycles. The van der Waals surface area contributed by atoms with E-state index in [1.165, 1.54) is 0 Å². The highest BCUT2D eigenvalue weighted by atomic mass is 32.2. The molecule has 0 radical (unpaired) electrons. The first-order valence-electron chi connectivity index (χ1n) is 11.5. The molecule has 1 unspecified atom stereocenters. The van der Waals surface area contributed by atoms with Gasteiger partial charge in [-0.05, 0) is 35.9 Å². The van der Waals surface area contributed by atoms with E-state index in [1.807, 2.05) is 48.5 Å². The molecule has 6 aromatic rings. The van der Waals surface area contributed by atoms with Gasteiger partial charge in [-0.25, -0.2) is 19.5 Å².